The van der Waals surface area contributed by atoms with Crippen LogP contribution in [0.3, 0.4) is 0 Å². The second kappa shape index (κ2) is 7.20. The van der Waals surface area contributed by atoms with Crippen LogP contribution in [0.1, 0.15) is 26.5 Å². The summed E-state index contributed by atoms with van der Waals surface area (Å²) in [6.45, 7) is 6.05. The highest BCUT2D eigenvalue weighted by Gasteiger charge is 1.92. The third-order valence-electron chi connectivity index (χ3n) is 1.28. The topological polar surface area (TPSA) is 33.1 Å². The van der Waals surface area contributed by atoms with Gasteiger partial charge in [-0.25, -0.2) is 0 Å². The fourth-order valence-corrected chi connectivity index (χ4v) is 1.10. The minimum atomic E-state index is -0.182. The van der Waals surface area contributed by atoms with Crippen LogP contribution in [0.5, 0.6) is 0 Å². The molecule has 3 heteroatoms. The van der Waals surface area contributed by atoms with E-state index in [9.17, 15) is 0 Å². The average molecular weight is 185 g/mol. The van der Waals surface area contributed by atoms with Crippen molar-refractivity contribution >= 4 is 14.2 Å². The standard InChI is InChI=1S/C7H10NOP.C2H6/c1-2-6-4-3-5-7(8-6)10-9;1-2/h3-5,9-10H,2H2,1H3;1-2H3. The van der Waals surface area contributed by atoms with Crippen LogP contribution >= 0.6 is 8.81 Å². The van der Waals surface area contributed by atoms with Gasteiger partial charge in [0.2, 0.25) is 0 Å². The summed E-state index contributed by atoms with van der Waals surface area (Å²) >= 11 is 0. The molecule has 0 spiro atoms. The van der Waals surface area contributed by atoms with Gasteiger partial charge in [-0.3, -0.25) is 4.98 Å². The third-order valence-corrected chi connectivity index (χ3v) is 1.79. The Kier molecular flexibility index (Phi) is 6.93. The first kappa shape index (κ1) is 11.5. The number of nitrogens with zero attached hydrogens (tertiary/aromatic N) is 1. The lowest BCUT2D eigenvalue weighted by Gasteiger charge is -1.96. The van der Waals surface area contributed by atoms with Crippen LogP contribution in [-0.4, -0.2) is 9.88 Å². The fourth-order valence-electron chi connectivity index (χ4n) is 0.739. The molecule has 0 amide bonds. The first-order valence-electron chi connectivity index (χ1n) is 4.23. The predicted octanol–water partition coefficient (Wildman–Crippen LogP) is 1.88. The molecule has 0 aliphatic heterocycles. The first-order chi connectivity index (χ1) is 5.86. The van der Waals surface area contributed by atoms with E-state index in [0.29, 0.717) is 0 Å². The Morgan fingerprint density at radius 3 is 2.58 bits per heavy atom. The van der Waals surface area contributed by atoms with E-state index in [-0.39, 0.29) is 8.81 Å². The Labute approximate surface area is 75.9 Å². The quantitative estimate of drug-likeness (QED) is 0.713. The van der Waals surface area contributed by atoms with Crippen LogP contribution in [0.15, 0.2) is 18.2 Å². The predicted molar refractivity (Wildman–Crippen MR) is 55.1 cm³/mol. The van der Waals surface area contributed by atoms with Gasteiger partial charge in [-0.1, -0.05) is 26.8 Å². The van der Waals surface area contributed by atoms with Gasteiger partial charge in [-0.15, -0.1) is 0 Å². The molecule has 1 heterocycles. The summed E-state index contributed by atoms with van der Waals surface area (Å²) in [5.41, 5.74) is 1.82. The van der Waals surface area contributed by atoms with Crippen LogP contribution < -0.4 is 5.44 Å². The van der Waals surface area contributed by atoms with E-state index in [1.54, 1.807) is 0 Å². The van der Waals surface area contributed by atoms with Gasteiger partial charge >= 0.3 is 0 Å². The molecule has 1 aromatic heterocycles. The Morgan fingerprint density at radius 1 is 1.42 bits per heavy atom. The van der Waals surface area contributed by atoms with Gasteiger partial charge in [0, 0.05) is 5.69 Å². The maximum atomic E-state index is 8.72. The highest BCUT2D eigenvalue weighted by Crippen LogP contribution is 2.01. The number of aryl methyl sites for hydroxylation is 1. The number of hydrogen-bond donors (Lipinski definition) is 1. The molecule has 1 N–H and O–H groups in total. The molecule has 2 nitrogen and oxygen atoms in total. The van der Waals surface area contributed by atoms with Crippen molar-refractivity contribution in [3.05, 3.63) is 23.9 Å². The zero-order chi connectivity index (χ0) is 9.40. The molecule has 1 rings (SSSR count). The zero-order valence-corrected chi connectivity index (χ0v) is 8.83. The average Bonchev–Trinajstić information content (AvgIpc) is 2.21. The van der Waals surface area contributed by atoms with Gasteiger partial charge < -0.3 is 4.89 Å². The summed E-state index contributed by atoms with van der Waals surface area (Å²) in [5, 5.41) is 0. The Balaban J connectivity index is 0.000000561. The normalized spacial score (nSPS) is 9.67. The second-order valence-electron chi connectivity index (χ2n) is 1.98. The second-order valence-corrected chi connectivity index (χ2v) is 2.72. The molecule has 0 bridgehead atoms. The van der Waals surface area contributed by atoms with Gasteiger partial charge in [-0.2, -0.15) is 0 Å². The molecule has 0 aliphatic carbocycles. The minimum Gasteiger partial charge on any atom is -0.371 e. The van der Waals surface area contributed by atoms with Crippen molar-refractivity contribution in [2.75, 3.05) is 0 Å². The molecule has 1 unspecified atom stereocenters. The summed E-state index contributed by atoms with van der Waals surface area (Å²) in [7, 11) is -0.182. The smallest absolute Gasteiger partial charge is 0.0875 e. The largest absolute Gasteiger partial charge is 0.371 e. The molecule has 0 saturated carbocycles. The highest BCUT2D eigenvalue weighted by molar-refractivity contribution is 7.40. The molecular formula is C9H16NOP. The van der Waals surface area contributed by atoms with E-state index in [1.807, 2.05) is 39.0 Å². The summed E-state index contributed by atoms with van der Waals surface area (Å²) in [6.07, 6.45) is 0.929. The van der Waals surface area contributed by atoms with Gasteiger partial charge in [0.05, 0.1) is 14.2 Å². The molecule has 0 radical (unpaired) electrons. The van der Waals surface area contributed by atoms with E-state index in [2.05, 4.69) is 4.98 Å². The van der Waals surface area contributed by atoms with Crippen molar-refractivity contribution < 1.29 is 4.89 Å². The third kappa shape index (κ3) is 3.80. The van der Waals surface area contributed by atoms with Crippen LogP contribution in [0.25, 0.3) is 0 Å². The van der Waals surface area contributed by atoms with Crippen LogP contribution in [0.4, 0.5) is 0 Å². The summed E-state index contributed by atoms with van der Waals surface area (Å²) in [4.78, 5) is 12.9. The molecule has 0 aliphatic rings. The van der Waals surface area contributed by atoms with E-state index >= 15 is 0 Å². The molecule has 0 saturated heterocycles. The Morgan fingerprint density at radius 2 is 2.08 bits per heavy atom. The van der Waals surface area contributed by atoms with Crippen LogP contribution in [0.2, 0.25) is 0 Å². The van der Waals surface area contributed by atoms with Gasteiger partial charge in [0.15, 0.2) is 0 Å². The van der Waals surface area contributed by atoms with E-state index in [4.69, 9.17) is 4.89 Å². The molecule has 0 aromatic carbocycles. The Bertz CT molecular complexity index is 196. The van der Waals surface area contributed by atoms with E-state index < -0.39 is 0 Å². The lowest BCUT2D eigenvalue weighted by molar-refractivity contribution is 0.654. The SMILES string of the molecule is CC.CCc1cccc(PO)n1. The monoisotopic (exact) mass is 185 g/mol. The van der Waals surface area contributed by atoms with Gasteiger partial charge in [0.25, 0.3) is 0 Å². The lowest BCUT2D eigenvalue weighted by atomic mass is 10.3. The molecule has 68 valence electrons. The molecule has 12 heavy (non-hydrogen) atoms. The van der Waals surface area contributed by atoms with E-state index in [0.717, 1.165) is 17.5 Å². The van der Waals surface area contributed by atoms with Crippen molar-refractivity contribution in [1.82, 2.24) is 4.98 Å². The van der Waals surface area contributed by atoms with Crippen molar-refractivity contribution in [1.29, 1.82) is 0 Å². The fraction of sp³-hybridized carbons (Fsp3) is 0.444. The molecular weight excluding hydrogens is 169 g/mol. The molecule has 1 aromatic rings. The van der Waals surface area contributed by atoms with Gasteiger partial charge in [-0.05, 0) is 18.6 Å². The first-order valence-corrected chi connectivity index (χ1v) is 5.17. The summed E-state index contributed by atoms with van der Waals surface area (Å²) in [6, 6.07) is 5.71. The van der Waals surface area contributed by atoms with Crippen molar-refractivity contribution in [3.63, 3.8) is 0 Å². The molecule has 1 atom stereocenters. The van der Waals surface area contributed by atoms with Crippen LogP contribution in [0, 0.1) is 0 Å². The van der Waals surface area contributed by atoms with Gasteiger partial charge in [0.1, 0.15) is 0 Å². The minimum absolute atomic E-state index is 0.182. The van der Waals surface area contributed by atoms with Crippen LogP contribution in [-0.2, 0) is 6.42 Å². The number of rotatable bonds is 2. The van der Waals surface area contributed by atoms with Crippen molar-refractivity contribution in [3.8, 4) is 0 Å². The lowest BCUT2D eigenvalue weighted by Crippen LogP contribution is -2.02. The van der Waals surface area contributed by atoms with Crippen molar-refractivity contribution in [2.45, 2.75) is 27.2 Å². The maximum Gasteiger partial charge on any atom is 0.0875 e. The number of hydrogen-bond acceptors (Lipinski definition) is 2. The summed E-state index contributed by atoms with van der Waals surface area (Å²) in [5.74, 6) is 0. The van der Waals surface area contributed by atoms with E-state index in [1.165, 1.54) is 0 Å². The Hall–Kier alpha value is -0.460. The van der Waals surface area contributed by atoms with Crippen molar-refractivity contribution in [2.24, 2.45) is 0 Å². The number of aromatic nitrogens is 1. The molecule has 0 fully saturated rings. The maximum absolute atomic E-state index is 8.72. The highest BCUT2D eigenvalue weighted by atomic mass is 31.1. The number of pyridine rings is 1. The summed E-state index contributed by atoms with van der Waals surface area (Å²) < 4.78 is 0. The zero-order valence-electron chi connectivity index (χ0n) is 7.83.